The van der Waals surface area contributed by atoms with Gasteiger partial charge in [-0.05, 0) is 50.6 Å². The Kier molecular flexibility index (Phi) is 6.72. The van der Waals surface area contributed by atoms with Gasteiger partial charge in [-0.15, -0.1) is 0 Å². The molecule has 0 aliphatic carbocycles. The van der Waals surface area contributed by atoms with E-state index in [0.717, 1.165) is 22.2 Å². The van der Waals surface area contributed by atoms with E-state index in [1.807, 2.05) is 93.6 Å². The zero-order valence-corrected chi connectivity index (χ0v) is 20.0. The Bertz CT molecular complexity index is 1450. The van der Waals surface area contributed by atoms with Crippen LogP contribution in [0.4, 0.5) is 5.69 Å². The fraction of sp³-hybridized carbons (Fsp3) is 0.172. The molecular formula is C29H28N4O2. The van der Waals surface area contributed by atoms with E-state index in [4.69, 9.17) is 10.7 Å². The Morgan fingerprint density at radius 3 is 2.46 bits per heavy atom. The van der Waals surface area contributed by atoms with Crippen LogP contribution in [-0.2, 0) is 10.3 Å². The number of nitrogens with zero attached hydrogens (tertiary/aromatic N) is 1. The number of hydrogen-bond donors (Lipinski definition) is 4. The van der Waals surface area contributed by atoms with Gasteiger partial charge in [0.2, 0.25) is 0 Å². The van der Waals surface area contributed by atoms with Gasteiger partial charge in [0.15, 0.2) is 5.88 Å². The number of fused-ring (bicyclic) bond motifs is 1. The maximum Gasteiger partial charge on any atom is 0.296 e. The van der Waals surface area contributed by atoms with Crippen molar-refractivity contribution in [2.45, 2.75) is 26.3 Å². The highest BCUT2D eigenvalue weighted by atomic mass is 16.3. The van der Waals surface area contributed by atoms with Crippen molar-refractivity contribution in [1.29, 1.82) is 0 Å². The Labute approximate surface area is 204 Å². The van der Waals surface area contributed by atoms with Crippen LogP contribution < -0.4 is 11.1 Å². The summed E-state index contributed by atoms with van der Waals surface area (Å²) in [5, 5.41) is 14.4. The van der Waals surface area contributed by atoms with Crippen LogP contribution in [0.2, 0.25) is 0 Å². The molecule has 6 heteroatoms. The molecule has 3 aromatic carbocycles. The molecule has 0 bridgehead atoms. The third-order valence-electron chi connectivity index (χ3n) is 5.57. The molecular weight excluding hydrogens is 436 g/mol. The minimum Gasteiger partial charge on any atom is -0.494 e. The van der Waals surface area contributed by atoms with E-state index in [2.05, 4.69) is 22.1 Å². The quantitative estimate of drug-likeness (QED) is 0.254. The second-order valence-electron chi connectivity index (χ2n) is 8.81. The molecule has 176 valence electrons. The van der Waals surface area contributed by atoms with E-state index in [1.54, 1.807) is 0 Å². The number of rotatable bonds is 5. The van der Waals surface area contributed by atoms with Crippen molar-refractivity contribution in [1.82, 2.24) is 10.3 Å². The maximum absolute atomic E-state index is 11.7. The van der Waals surface area contributed by atoms with Crippen molar-refractivity contribution in [3.63, 3.8) is 0 Å². The van der Waals surface area contributed by atoms with Gasteiger partial charge >= 0.3 is 0 Å². The average Bonchev–Trinajstić information content (AvgIpc) is 3.16. The molecule has 6 nitrogen and oxygen atoms in total. The van der Waals surface area contributed by atoms with Crippen molar-refractivity contribution in [2.75, 3.05) is 6.54 Å². The van der Waals surface area contributed by atoms with Gasteiger partial charge in [0.25, 0.3) is 5.91 Å². The van der Waals surface area contributed by atoms with Crippen LogP contribution >= 0.6 is 0 Å². The topological polar surface area (TPSA) is 104 Å². The number of carbonyl (C=O) groups is 1. The number of aliphatic imine (C=N–C) groups is 1. The Balaban J connectivity index is 1.81. The number of aromatic nitrogens is 1. The first-order chi connectivity index (χ1) is 16.8. The van der Waals surface area contributed by atoms with Crippen molar-refractivity contribution in [3.8, 4) is 17.7 Å². The van der Waals surface area contributed by atoms with Crippen LogP contribution in [0.25, 0.3) is 10.9 Å². The summed E-state index contributed by atoms with van der Waals surface area (Å²) in [6, 6.07) is 23.0. The van der Waals surface area contributed by atoms with Crippen molar-refractivity contribution >= 4 is 28.2 Å². The number of aromatic hydroxyl groups is 1. The number of amides is 1. The number of carbonyl (C=O) groups excluding carboxylic acids is 1. The van der Waals surface area contributed by atoms with Gasteiger partial charge in [-0.2, -0.15) is 0 Å². The van der Waals surface area contributed by atoms with Crippen LogP contribution in [0.15, 0.2) is 77.8 Å². The average molecular weight is 465 g/mol. The summed E-state index contributed by atoms with van der Waals surface area (Å²) in [5.74, 6) is 5.12. The number of nitrogens with one attached hydrogen (secondary N) is 2. The Morgan fingerprint density at radius 1 is 1.09 bits per heavy atom. The molecule has 4 rings (SSSR count). The number of benzene rings is 3. The molecule has 0 saturated heterocycles. The van der Waals surface area contributed by atoms with Crippen LogP contribution in [0.3, 0.4) is 0 Å². The second-order valence-corrected chi connectivity index (χ2v) is 8.81. The molecule has 0 atom stereocenters. The summed E-state index contributed by atoms with van der Waals surface area (Å²) < 4.78 is 0. The molecule has 1 amide bonds. The molecule has 0 aliphatic heterocycles. The minimum atomic E-state index is -0.447. The van der Waals surface area contributed by atoms with E-state index in [9.17, 15) is 9.90 Å². The zero-order valence-electron chi connectivity index (χ0n) is 20.0. The molecule has 0 saturated carbocycles. The highest BCUT2D eigenvalue weighted by Gasteiger charge is 2.19. The molecule has 0 spiro atoms. The Hall–Kier alpha value is -4.34. The zero-order chi connectivity index (χ0) is 25.0. The van der Waals surface area contributed by atoms with Crippen molar-refractivity contribution in [2.24, 2.45) is 10.7 Å². The van der Waals surface area contributed by atoms with Gasteiger partial charge in [0.05, 0.1) is 22.5 Å². The highest BCUT2D eigenvalue weighted by molar-refractivity contribution is 6.22. The third kappa shape index (κ3) is 5.43. The molecule has 4 aromatic rings. The van der Waals surface area contributed by atoms with E-state index in [1.165, 1.54) is 0 Å². The predicted molar refractivity (Wildman–Crippen MR) is 141 cm³/mol. The van der Waals surface area contributed by atoms with Crippen molar-refractivity contribution in [3.05, 3.63) is 95.1 Å². The summed E-state index contributed by atoms with van der Waals surface area (Å²) in [6.45, 7) is 6.28. The number of aromatic amines is 1. The minimum absolute atomic E-state index is 0.0103. The molecule has 35 heavy (non-hydrogen) atoms. The third-order valence-corrected chi connectivity index (χ3v) is 5.57. The SMILES string of the molecule is CCNC(=O)C#Cc1ccc2c(C(=Nc3ccc(C(C)(C)N)cc3)c3ccccc3)c(O)[nH]c2c1. The van der Waals surface area contributed by atoms with Crippen LogP contribution in [0.1, 0.15) is 43.0 Å². The lowest BCUT2D eigenvalue weighted by Gasteiger charge is -2.19. The monoisotopic (exact) mass is 464 g/mol. The number of nitrogens with two attached hydrogens (primary N) is 1. The van der Waals surface area contributed by atoms with Gasteiger partial charge in [-0.3, -0.25) is 4.79 Å². The second kappa shape index (κ2) is 9.88. The summed E-state index contributed by atoms with van der Waals surface area (Å²) in [4.78, 5) is 19.6. The summed E-state index contributed by atoms with van der Waals surface area (Å²) >= 11 is 0. The fourth-order valence-corrected chi connectivity index (χ4v) is 3.79. The maximum atomic E-state index is 11.7. The van der Waals surface area contributed by atoms with E-state index in [0.29, 0.717) is 28.9 Å². The van der Waals surface area contributed by atoms with Gasteiger partial charge in [0.1, 0.15) is 0 Å². The molecule has 5 N–H and O–H groups in total. The molecule has 0 aliphatic rings. The first kappa shape index (κ1) is 23.8. The first-order valence-corrected chi connectivity index (χ1v) is 11.4. The van der Waals surface area contributed by atoms with Gasteiger partial charge < -0.3 is 21.1 Å². The summed E-state index contributed by atoms with van der Waals surface area (Å²) in [5.41, 5.74) is 11.0. The largest absolute Gasteiger partial charge is 0.494 e. The lowest BCUT2D eigenvalue weighted by Crippen LogP contribution is -2.28. The lowest BCUT2D eigenvalue weighted by molar-refractivity contribution is -0.115. The molecule has 1 heterocycles. The van der Waals surface area contributed by atoms with Gasteiger partial charge in [-0.1, -0.05) is 54.5 Å². The van der Waals surface area contributed by atoms with Gasteiger partial charge in [0, 0.05) is 34.5 Å². The van der Waals surface area contributed by atoms with E-state index in [-0.39, 0.29) is 11.8 Å². The lowest BCUT2D eigenvalue weighted by atomic mass is 9.95. The number of hydrogen-bond acceptors (Lipinski definition) is 4. The first-order valence-electron chi connectivity index (χ1n) is 11.4. The highest BCUT2D eigenvalue weighted by Crippen LogP contribution is 2.32. The fourth-order valence-electron chi connectivity index (χ4n) is 3.79. The standard InChI is InChI=1S/C29H28N4O2/c1-4-31-25(34)17-11-19-10-16-23-24(18-19)33-28(35)26(23)27(20-8-6-5-7-9-20)32-22-14-12-21(13-15-22)29(2,3)30/h5-10,12-16,18,33,35H,4,30H2,1-3H3,(H,31,34). The molecule has 0 radical (unpaired) electrons. The van der Waals surface area contributed by atoms with E-state index >= 15 is 0 Å². The normalized spacial score (nSPS) is 11.7. The van der Waals surface area contributed by atoms with Gasteiger partial charge in [-0.25, -0.2) is 4.99 Å². The molecule has 1 aromatic heterocycles. The van der Waals surface area contributed by atoms with E-state index < -0.39 is 5.54 Å². The Morgan fingerprint density at radius 2 is 1.80 bits per heavy atom. The van der Waals surface area contributed by atoms with Crippen molar-refractivity contribution < 1.29 is 9.90 Å². The van der Waals surface area contributed by atoms with Crippen LogP contribution in [-0.4, -0.2) is 28.3 Å². The summed E-state index contributed by atoms with van der Waals surface area (Å²) in [7, 11) is 0. The molecule has 0 fully saturated rings. The molecule has 0 unspecified atom stereocenters. The predicted octanol–water partition coefficient (Wildman–Crippen LogP) is 4.72. The summed E-state index contributed by atoms with van der Waals surface area (Å²) in [6.07, 6.45) is 0. The van der Waals surface area contributed by atoms with Crippen LogP contribution in [0.5, 0.6) is 5.88 Å². The smallest absolute Gasteiger partial charge is 0.296 e. The number of H-pyrrole nitrogens is 1. The van der Waals surface area contributed by atoms with Crippen LogP contribution in [0, 0.1) is 11.8 Å².